The van der Waals surface area contributed by atoms with Crippen LogP contribution in [0.2, 0.25) is 0 Å². The van der Waals surface area contributed by atoms with Gasteiger partial charge in [0.2, 0.25) is 11.8 Å². The van der Waals surface area contributed by atoms with E-state index in [-0.39, 0.29) is 23.6 Å². The van der Waals surface area contributed by atoms with Crippen LogP contribution in [-0.2, 0) is 11.2 Å². The Kier molecular flexibility index (Phi) is 5.65. The van der Waals surface area contributed by atoms with E-state index in [2.05, 4.69) is 30.7 Å². The van der Waals surface area contributed by atoms with Gasteiger partial charge in [0.05, 0.1) is 12.1 Å². The number of aryl methyl sites for hydroxylation is 1. The summed E-state index contributed by atoms with van der Waals surface area (Å²) in [6, 6.07) is 6.12. The Balaban J connectivity index is 1.60. The summed E-state index contributed by atoms with van der Waals surface area (Å²) in [6.45, 7) is 12.8. The number of nitrogens with zero attached hydrogens (tertiary/aromatic N) is 3. The van der Waals surface area contributed by atoms with Crippen molar-refractivity contribution < 1.29 is 13.6 Å². The zero-order chi connectivity index (χ0) is 19.6. The van der Waals surface area contributed by atoms with Crippen LogP contribution < -0.4 is 0 Å². The van der Waals surface area contributed by atoms with E-state index in [1.807, 2.05) is 4.90 Å². The minimum Gasteiger partial charge on any atom is -0.441 e. The third kappa shape index (κ3) is 5.16. The first-order valence-corrected chi connectivity index (χ1v) is 9.44. The molecule has 0 bridgehead atoms. The van der Waals surface area contributed by atoms with E-state index in [0.717, 1.165) is 32.7 Å². The van der Waals surface area contributed by atoms with Gasteiger partial charge in [-0.3, -0.25) is 9.69 Å². The fourth-order valence-electron chi connectivity index (χ4n) is 3.42. The van der Waals surface area contributed by atoms with Crippen molar-refractivity contribution in [1.82, 2.24) is 14.8 Å². The third-order valence-corrected chi connectivity index (χ3v) is 4.71. The van der Waals surface area contributed by atoms with Crippen molar-refractivity contribution in [2.45, 2.75) is 34.1 Å². The fourth-order valence-corrected chi connectivity index (χ4v) is 3.42. The molecule has 27 heavy (non-hydrogen) atoms. The minimum atomic E-state index is -0.339. The molecule has 1 aliphatic heterocycles. The molecule has 0 unspecified atom stereocenters. The second kappa shape index (κ2) is 7.80. The van der Waals surface area contributed by atoms with Crippen molar-refractivity contribution in [2.75, 3.05) is 32.7 Å². The van der Waals surface area contributed by atoms with Crippen molar-refractivity contribution in [3.05, 3.63) is 41.5 Å². The number of hydrogen-bond acceptors (Lipinski definition) is 4. The second-order valence-electron chi connectivity index (χ2n) is 8.43. The van der Waals surface area contributed by atoms with E-state index < -0.39 is 0 Å². The van der Waals surface area contributed by atoms with Crippen molar-refractivity contribution in [3.63, 3.8) is 0 Å². The number of amides is 1. The number of piperazine rings is 1. The van der Waals surface area contributed by atoms with Gasteiger partial charge < -0.3 is 9.32 Å². The summed E-state index contributed by atoms with van der Waals surface area (Å²) in [6.07, 6.45) is 0.212. The molecule has 1 aromatic carbocycles. The smallest absolute Gasteiger partial charge is 0.228 e. The predicted octanol–water partition coefficient (Wildman–Crippen LogP) is 3.52. The number of hydrogen-bond donors (Lipinski definition) is 0. The van der Waals surface area contributed by atoms with Crippen LogP contribution in [0.1, 0.15) is 32.2 Å². The average Bonchev–Trinajstić information content (AvgIpc) is 2.95. The second-order valence-corrected chi connectivity index (χ2v) is 8.43. The van der Waals surface area contributed by atoms with Crippen LogP contribution in [0.3, 0.4) is 0 Å². The van der Waals surface area contributed by atoms with Gasteiger partial charge in [0.15, 0.2) is 0 Å². The monoisotopic (exact) mass is 373 g/mol. The number of aromatic nitrogens is 1. The maximum absolute atomic E-state index is 13.4. The highest BCUT2D eigenvalue weighted by molar-refractivity contribution is 5.78. The molecule has 0 radical (unpaired) electrons. The number of benzene rings is 1. The van der Waals surface area contributed by atoms with Crippen LogP contribution in [0.15, 0.2) is 28.7 Å². The highest BCUT2D eigenvalue weighted by Gasteiger charge is 2.25. The summed E-state index contributed by atoms with van der Waals surface area (Å²) in [5.74, 6) is 0.681. The van der Waals surface area contributed by atoms with Crippen molar-refractivity contribution in [3.8, 4) is 11.5 Å². The molecular formula is C21H28FN3O2. The first-order valence-electron chi connectivity index (χ1n) is 9.44. The molecule has 1 amide bonds. The Hall–Kier alpha value is -2.21. The molecule has 2 aromatic rings. The summed E-state index contributed by atoms with van der Waals surface area (Å²) in [7, 11) is 0. The summed E-state index contributed by atoms with van der Waals surface area (Å²) < 4.78 is 19.1. The van der Waals surface area contributed by atoms with Gasteiger partial charge in [-0.25, -0.2) is 9.37 Å². The average molecular weight is 373 g/mol. The Labute approximate surface area is 160 Å². The molecule has 1 saturated heterocycles. The molecule has 1 aromatic heterocycles. The van der Waals surface area contributed by atoms with Gasteiger partial charge in [0, 0.05) is 38.3 Å². The predicted molar refractivity (Wildman–Crippen MR) is 103 cm³/mol. The molecule has 5 nitrogen and oxygen atoms in total. The van der Waals surface area contributed by atoms with Crippen LogP contribution in [0.4, 0.5) is 4.39 Å². The number of carbonyl (C=O) groups is 1. The lowest BCUT2D eigenvalue weighted by Gasteiger charge is -2.37. The molecule has 0 spiro atoms. The summed E-state index contributed by atoms with van der Waals surface area (Å²) in [4.78, 5) is 21.4. The van der Waals surface area contributed by atoms with Gasteiger partial charge in [-0.05, 0) is 30.5 Å². The van der Waals surface area contributed by atoms with E-state index in [1.54, 1.807) is 19.1 Å². The molecule has 1 fully saturated rings. The highest BCUT2D eigenvalue weighted by atomic mass is 19.1. The molecule has 0 N–H and O–H groups in total. The lowest BCUT2D eigenvalue weighted by molar-refractivity contribution is -0.132. The third-order valence-electron chi connectivity index (χ3n) is 4.71. The van der Waals surface area contributed by atoms with Crippen molar-refractivity contribution in [2.24, 2.45) is 5.41 Å². The fraction of sp³-hybridized carbons (Fsp3) is 0.524. The van der Waals surface area contributed by atoms with Gasteiger partial charge in [0.1, 0.15) is 11.6 Å². The van der Waals surface area contributed by atoms with Gasteiger partial charge in [-0.1, -0.05) is 26.8 Å². The topological polar surface area (TPSA) is 49.6 Å². The quantitative estimate of drug-likeness (QED) is 0.823. The zero-order valence-electron chi connectivity index (χ0n) is 16.6. The Bertz CT molecular complexity index is 802. The first kappa shape index (κ1) is 19.5. The van der Waals surface area contributed by atoms with Gasteiger partial charge in [-0.15, -0.1) is 0 Å². The van der Waals surface area contributed by atoms with Gasteiger partial charge in [-0.2, -0.15) is 0 Å². The van der Waals surface area contributed by atoms with Crippen LogP contribution in [-0.4, -0.2) is 53.4 Å². The molecule has 1 aliphatic rings. The zero-order valence-corrected chi connectivity index (χ0v) is 16.6. The molecular weight excluding hydrogens is 345 g/mol. The molecule has 146 valence electrons. The standard InChI is InChI=1S/C21H28FN3O2/c1-15-18(23-20(27-15)16-6-5-7-17(22)12-16)13-19(26)25-10-8-24(9-11-25)14-21(2,3)4/h5-7,12H,8-11,13-14H2,1-4H3. The Morgan fingerprint density at radius 3 is 2.56 bits per heavy atom. The largest absolute Gasteiger partial charge is 0.441 e. The lowest BCUT2D eigenvalue weighted by atomic mass is 9.96. The molecule has 0 atom stereocenters. The minimum absolute atomic E-state index is 0.0626. The normalized spacial score (nSPS) is 16.0. The molecule has 3 rings (SSSR count). The number of carbonyl (C=O) groups excluding carboxylic acids is 1. The van der Waals surface area contributed by atoms with Crippen LogP contribution in [0.25, 0.3) is 11.5 Å². The number of halogens is 1. The highest BCUT2D eigenvalue weighted by Crippen LogP contribution is 2.23. The van der Waals surface area contributed by atoms with E-state index >= 15 is 0 Å². The van der Waals surface area contributed by atoms with Crippen LogP contribution in [0.5, 0.6) is 0 Å². The summed E-state index contributed by atoms with van der Waals surface area (Å²) >= 11 is 0. The summed E-state index contributed by atoms with van der Waals surface area (Å²) in [5, 5.41) is 0. The molecule has 6 heteroatoms. The lowest BCUT2D eigenvalue weighted by Crippen LogP contribution is -2.50. The van der Waals surface area contributed by atoms with Gasteiger partial charge in [0.25, 0.3) is 0 Å². The van der Waals surface area contributed by atoms with Crippen molar-refractivity contribution in [1.29, 1.82) is 0 Å². The van der Waals surface area contributed by atoms with Gasteiger partial charge >= 0.3 is 0 Å². The van der Waals surface area contributed by atoms with Crippen molar-refractivity contribution >= 4 is 5.91 Å². The SMILES string of the molecule is Cc1oc(-c2cccc(F)c2)nc1CC(=O)N1CCN(CC(C)(C)C)CC1. The van der Waals surface area contributed by atoms with E-state index in [4.69, 9.17) is 4.42 Å². The molecule has 0 aliphatic carbocycles. The summed E-state index contributed by atoms with van der Waals surface area (Å²) in [5.41, 5.74) is 1.46. The van der Waals surface area contributed by atoms with E-state index in [9.17, 15) is 9.18 Å². The molecule has 2 heterocycles. The van der Waals surface area contributed by atoms with E-state index in [0.29, 0.717) is 22.9 Å². The Morgan fingerprint density at radius 1 is 1.22 bits per heavy atom. The number of oxazole rings is 1. The van der Waals surface area contributed by atoms with E-state index in [1.165, 1.54) is 12.1 Å². The first-order chi connectivity index (χ1) is 12.7. The number of rotatable bonds is 4. The Morgan fingerprint density at radius 2 is 1.93 bits per heavy atom. The van der Waals surface area contributed by atoms with Crippen LogP contribution in [0, 0.1) is 18.2 Å². The maximum atomic E-state index is 13.4. The van der Waals surface area contributed by atoms with Crippen LogP contribution >= 0.6 is 0 Å². The molecule has 0 saturated carbocycles. The maximum Gasteiger partial charge on any atom is 0.228 e.